The number of hydrogen-bond donors (Lipinski definition) is 2. The number of imidazole rings is 1. The molecule has 1 saturated heterocycles. The van der Waals surface area contributed by atoms with E-state index in [1.807, 2.05) is 30.3 Å². The molecule has 2 aromatic heterocycles. The number of nitrogens with zero attached hydrogens (tertiary/aromatic N) is 3. The number of aromatic amines is 1. The van der Waals surface area contributed by atoms with Gasteiger partial charge in [-0.3, -0.25) is 14.3 Å². The number of nitrogens with one attached hydrogen (secondary N) is 1. The van der Waals surface area contributed by atoms with Gasteiger partial charge in [-0.15, -0.1) is 0 Å². The zero-order valence-electron chi connectivity index (χ0n) is 13.3. The van der Waals surface area contributed by atoms with E-state index in [9.17, 15) is 4.79 Å². The van der Waals surface area contributed by atoms with Gasteiger partial charge in [0, 0.05) is 5.92 Å². The molecule has 3 aromatic rings. The van der Waals surface area contributed by atoms with Crippen LogP contribution >= 0.6 is 0 Å². The third-order valence-corrected chi connectivity index (χ3v) is 3.98. The van der Waals surface area contributed by atoms with Gasteiger partial charge in [0.2, 0.25) is 5.95 Å². The molecule has 9 heteroatoms. The van der Waals surface area contributed by atoms with Gasteiger partial charge in [-0.2, -0.15) is 4.98 Å². The summed E-state index contributed by atoms with van der Waals surface area (Å²) in [6.45, 7) is 0.304. The van der Waals surface area contributed by atoms with E-state index in [1.165, 1.54) is 11.9 Å². The summed E-state index contributed by atoms with van der Waals surface area (Å²) in [5, 5.41) is 0. The molecule has 9 nitrogen and oxygen atoms in total. The van der Waals surface area contributed by atoms with Gasteiger partial charge in [-0.1, -0.05) is 30.3 Å². The topological polar surface area (TPSA) is 117 Å². The Labute approximate surface area is 142 Å². The lowest BCUT2D eigenvalue weighted by Crippen LogP contribution is -2.33. The van der Waals surface area contributed by atoms with Crippen LogP contribution in [0.15, 0.2) is 41.5 Å². The molecule has 0 saturated carbocycles. The van der Waals surface area contributed by atoms with Crippen LogP contribution in [0.2, 0.25) is 0 Å². The average molecular weight is 343 g/mol. The standard InChI is InChI=1S/C16H17N5O4/c17-15-19-13-12(14(22)20-15)18-8-21(13)9-25-16-23-6-11(7-24-16)10-4-2-1-3-5-10/h1-5,8,11,16H,6-7,9H2,(H3,17,19,20,22). The molecule has 0 spiro atoms. The van der Waals surface area contributed by atoms with Crippen molar-refractivity contribution in [2.75, 3.05) is 18.9 Å². The normalized spacial score (nSPS) is 20.8. The van der Waals surface area contributed by atoms with E-state index in [1.54, 1.807) is 4.57 Å². The van der Waals surface area contributed by atoms with Crippen molar-refractivity contribution >= 4 is 17.1 Å². The first-order valence-corrected chi connectivity index (χ1v) is 7.81. The molecule has 4 rings (SSSR count). The fraction of sp³-hybridized carbons (Fsp3) is 0.312. The number of H-pyrrole nitrogens is 1. The highest BCUT2D eigenvalue weighted by molar-refractivity contribution is 5.70. The number of rotatable bonds is 4. The number of anilines is 1. The van der Waals surface area contributed by atoms with E-state index in [0.717, 1.165) is 0 Å². The molecule has 0 radical (unpaired) electrons. The fourth-order valence-electron chi connectivity index (χ4n) is 2.71. The Balaban J connectivity index is 1.38. The average Bonchev–Trinajstić information content (AvgIpc) is 3.04. The highest BCUT2D eigenvalue weighted by Gasteiger charge is 2.24. The van der Waals surface area contributed by atoms with E-state index in [2.05, 4.69) is 15.0 Å². The summed E-state index contributed by atoms with van der Waals surface area (Å²) >= 11 is 0. The van der Waals surface area contributed by atoms with Gasteiger partial charge in [0.1, 0.15) is 6.73 Å². The lowest BCUT2D eigenvalue weighted by molar-refractivity contribution is -0.325. The second-order valence-corrected chi connectivity index (χ2v) is 5.70. The molecule has 25 heavy (non-hydrogen) atoms. The zero-order valence-corrected chi connectivity index (χ0v) is 13.3. The highest BCUT2D eigenvalue weighted by Crippen LogP contribution is 2.22. The predicted molar refractivity (Wildman–Crippen MR) is 88.5 cm³/mol. The number of hydrogen-bond acceptors (Lipinski definition) is 7. The summed E-state index contributed by atoms with van der Waals surface area (Å²) in [5.74, 6) is 0.199. The van der Waals surface area contributed by atoms with Gasteiger partial charge in [0.25, 0.3) is 12.0 Å². The van der Waals surface area contributed by atoms with Crippen LogP contribution in [0, 0.1) is 0 Å². The number of aromatic nitrogens is 4. The van der Waals surface area contributed by atoms with E-state index in [0.29, 0.717) is 18.9 Å². The summed E-state index contributed by atoms with van der Waals surface area (Å²) in [7, 11) is 0. The molecular weight excluding hydrogens is 326 g/mol. The Bertz CT molecular complexity index is 915. The molecule has 0 bridgehead atoms. The summed E-state index contributed by atoms with van der Waals surface area (Å²) in [4.78, 5) is 22.2. The second kappa shape index (κ2) is 6.63. The van der Waals surface area contributed by atoms with Crippen molar-refractivity contribution in [3.05, 3.63) is 52.6 Å². The monoisotopic (exact) mass is 343 g/mol. The van der Waals surface area contributed by atoms with Crippen LogP contribution in [0.1, 0.15) is 11.5 Å². The highest BCUT2D eigenvalue weighted by atomic mass is 16.8. The molecule has 1 aliphatic heterocycles. The fourth-order valence-corrected chi connectivity index (χ4v) is 2.71. The summed E-state index contributed by atoms with van der Waals surface area (Å²) in [6, 6.07) is 10.0. The largest absolute Gasteiger partial charge is 0.369 e. The van der Waals surface area contributed by atoms with Crippen molar-refractivity contribution < 1.29 is 14.2 Å². The number of nitrogen functional groups attached to an aromatic ring is 1. The van der Waals surface area contributed by atoms with E-state index in [4.69, 9.17) is 19.9 Å². The van der Waals surface area contributed by atoms with Gasteiger partial charge < -0.3 is 19.9 Å². The molecule has 1 aromatic carbocycles. The van der Waals surface area contributed by atoms with Crippen molar-refractivity contribution in [1.82, 2.24) is 19.5 Å². The van der Waals surface area contributed by atoms with Crippen LogP contribution < -0.4 is 11.3 Å². The predicted octanol–water partition coefficient (Wildman–Crippen LogP) is 0.790. The number of ether oxygens (including phenoxy) is 3. The van der Waals surface area contributed by atoms with Crippen molar-refractivity contribution in [2.24, 2.45) is 0 Å². The number of benzene rings is 1. The Kier molecular flexibility index (Phi) is 4.18. The lowest BCUT2D eigenvalue weighted by Gasteiger charge is -2.29. The molecule has 0 atom stereocenters. The minimum absolute atomic E-state index is 0.0233. The first-order chi connectivity index (χ1) is 12.2. The SMILES string of the molecule is Nc1nc2c(ncn2COC2OCC(c3ccccc3)CO2)c(=O)[nH]1. The number of fused-ring (bicyclic) bond motifs is 1. The van der Waals surface area contributed by atoms with E-state index < -0.39 is 12.0 Å². The van der Waals surface area contributed by atoms with Crippen LogP contribution in [0.5, 0.6) is 0 Å². The smallest absolute Gasteiger partial charge is 0.280 e. The lowest BCUT2D eigenvalue weighted by atomic mass is 10.0. The van der Waals surface area contributed by atoms with Crippen LogP contribution in [0.4, 0.5) is 5.95 Å². The maximum absolute atomic E-state index is 11.7. The Hall–Kier alpha value is -2.75. The van der Waals surface area contributed by atoms with Crippen LogP contribution in [0.3, 0.4) is 0 Å². The quantitative estimate of drug-likeness (QED) is 0.719. The van der Waals surface area contributed by atoms with Crippen LogP contribution in [-0.4, -0.2) is 39.2 Å². The minimum atomic E-state index is -0.781. The Morgan fingerprint density at radius 3 is 2.80 bits per heavy atom. The van der Waals surface area contributed by atoms with E-state index >= 15 is 0 Å². The first-order valence-electron chi connectivity index (χ1n) is 7.81. The molecule has 3 N–H and O–H groups in total. The molecule has 1 fully saturated rings. The second-order valence-electron chi connectivity index (χ2n) is 5.70. The molecule has 1 aliphatic rings. The summed E-state index contributed by atoms with van der Waals surface area (Å²) in [5.41, 5.74) is 6.89. The molecule has 0 unspecified atom stereocenters. The van der Waals surface area contributed by atoms with Crippen LogP contribution in [0.25, 0.3) is 11.2 Å². The van der Waals surface area contributed by atoms with Gasteiger partial charge in [0.15, 0.2) is 11.2 Å². The maximum atomic E-state index is 11.7. The molecule has 130 valence electrons. The zero-order chi connectivity index (χ0) is 17.2. The van der Waals surface area contributed by atoms with Gasteiger partial charge >= 0.3 is 0 Å². The Morgan fingerprint density at radius 2 is 2.04 bits per heavy atom. The molecule has 0 aliphatic carbocycles. The van der Waals surface area contributed by atoms with Gasteiger partial charge in [-0.05, 0) is 5.56 Å². The maximum Gasteiger partial charge on any atom is 0.280 e. The van der Waals surface area contributed by atoms with Gasteiger partial charge in [-0.25, -0.2) is 4.98 Å². The minimum Gasteiger partial charge on any atom is -0.369 e. The molecule has 0 amide bonds. The van der Waals surface area contributed by atoms with Gasteiger partial charge in [0.05, 0.1) is 19.5 Å². The third-order valence-electron chi connectivity index (χ3n) is 3.98. The van der Waals surface area contributed by atoms with Crippen molar-refractivity contribution in [1.29, 1.82) is 0 Å². The molecule has 3 heterocycles. The first kappa shape index (κ1) is 15.8. The summed E-state index contributed by atoms with van der Waals surface area (Å²) in [6.07, 6.45) is 1.46. The van der Waals surface area contributed by atoms with E-state index in [-0.39, 0.29) is 24.1 Å². The third kappa shape index (κ3) is 3.25. The molecular formula is C16H17N5O4. The van der Waals surface area contributed by atoms with Crippen molar-refractivity contribution in [3.8, 4) is 0 Å². The number of nitrogens with two attached hydrogens (primary N) is 1. The van der Waals surface area contributed by atoms with Crippen molar-refractivity contribution in [2.45, 2.75) is 19.1 Å². The Morgan fingerprint density at radius 1 is 1.28 bits per heavy atom. The summed E-state index contributed by atoms with van der Waals surface area (Å²) < 4.78 is 18.4. The van der Waals surface area contributed by atoms with Crippen LogP contribution in [-0.2, 0) is 20.9 Å². The van der Waals surface area contributed by atoms with Crippen molar-refractivity contribution in [3.63, 3.8) is 0 Å².